The predicted molar refractivity (Wildman–Crippen MR) is 70.3 cm³/mol. The summed E-state index contributed by atoms with van der Waals surface area (Å²) in [6.07, 6.45) is 3.46. The largest absolute Gasteiger partial charge is 0.381 e. The van der Waals surface area contributed by atoms with Crippen LogP contribution < -0.4 is 5.73 Å². The van der Waals surface area contributed by atoms with Crippen molar-refractivity contribution < 1.29 is 14.3 Å². The molecule has 1 rings (SSSR count). The number of hydrogen-bond donors (Lipinski definition) is 1. The lowest BCUT2D eigenvalue weighted by molar-refractivity contribution is -0.131. The van der Waals surface area contributed by atoms with Gasteiger partial charge in [-0.2, -0.15) is 0 Å². The SMILES string of the molecule is CN(CCCN)C(=O)CCOCC1CCOCC1. The van der Waals surface area contributed by atoms with Crippen LogP contribution in [0.5, 0.6) is 0 Å². The third-order valence-corrected chi connectivity index (χ3v) is 3.28. The number of nitrogens with zero attached hydrogens (tertiary/aromatic N) is 1. The molecule has 2 N–H and O–H groups in total. The molecule has 5 nitrogen and oxygen atoms in total. The molecule has 0 saturated carbocycles. The molecule has 0 aromatic rings. The second-order valence-corrected chi connectivity index (χ2v) is 4.84. The van der Waals surface area contributed by atoms with Gasteiger partial charge < -0.3 is 20.1 Å². The highest BCUT2D eigenvalue weighted by molar-refractivity contribution is 5.75. The highest BCUT2D eigenvalue weighted by atomic mass is 16.5. The zero-order valence-electron chi connectivity index (χ0n) is 11.4. The fourth-order valence-electron chi connectivity index (χ4n) is 1.97. The van der Waals surface area contributed by atoms with E-state index in [4.69, 9.17) is 15.2 Å². The molecule has 0 unspecified atom stereocenters. The van der Waals surface area contributed by atoms with Crippen molar-refractivity contribution in [3.8, 4) is 0 Å². The molecule has 1 aliphatic heterocycles. The van der Waals surface area contributed by atoms with Crippen molar-refractivity contribution in [2.45, 2.75) is 25.7 Å². The molecular weight excluding hydrogens is 232 g/mol. The summed E-state index contributed by atoms with van der Waals surface area (Å²) >= 11 is 0. The summed E-state index contributed by atoms with van der Waals surface area (Å²) in [7, 11) is 1.82. The van der Waals surface area contributed by atoms with Gasteiger partial charge in [0.25, 0.3) is 0 Å². The predicted octanol–water partition coefficient (Wildman–Crippen LogP) is 0.627. The molecular formula is C13H26N2O3. The molecule has 1 fully saturated rings. The Kier molecular flexibility index (Phi) is 7.96. The van der Waals surface area contributed by atoms with Gasteiger partial charge in [-0.3, -0.25) is 4.79 Å². The smallest absolute Gasteiger partial charge is 0.224 e. The van der Waals surface area contributed by atoms with E-state index in [0.717, 1.165) is 45.6 Å². The molecule has 1 saturated heterocycles. The Balaban J connectivity index is 2.00. The minimum Gasteiger partial charge on any atom is -0.381 e. The number of amides is 1. The maximum atomic E-state index is 11.7. The molecule has 0 aromatic heterocycles. The van der Waals surface area contributed by atoms with Crippen molar-refractivity contribution in [1.82, 2.24) is 4.90 Å². The first-order valence-electron chi connectivity index (χ1n) is 6.83. The third-order valence-electron chi connectivity index (χ3n) is 3.28. The van der Waals surface area contributed by atoms with E-state index in [1.54, 1.807) is 4.90 Å². The monoisotopic (exact) mass is 258 g/mol. The van der Waals surface area contributed by atoms with Crippen LogP contribution in [-0.2, 0) is 14.3 Å². The Hall–Kier alpha value is -0.650. The van der Waals surface area contributed by atoms with Crippen molar-refractivity contribution in [3.63, 3.8) is 0 Å². The van der Waals surface area contributed by atoms with Crippen LogP contribution in [-0.4, -0.2) is 57.4 Å². The van der Waals surface area contributed by atoms with Crippen LogP contribution in [0.1, 0.15) is 25.7 Å². The average molecular weight is 258 g/mol. The lowest BCUT2D eigenvalue weighted by Gasteiger charge is -2.22. The van der Waals surface area contributed by atoms with Crippen molar-refractivity contribution >= 4 is 5.91 Å². The van der Waals surface area contributed by atoms with Crippen LogP contribution in [0.4, 0.5) is 0 Å². The zero-order valence-corrected chi connectivity index (χ0v) is 11.4. The van der Waals surface area contributed by atoms with Gasteiger partial charge >= 0.3 is 0 Å². The number of ether oxygens (including phenoxy) is 2. The minimum absolute atomic E-state index is 0.135. The summed E-state index contributed by atoms with van der Waals surface area (Å²) in [5.74, 6) is 0.735. The Morgan fingerprint density at radius 3 is 2.83 bits per heavy atom. The van der Waals surface area contributed by atoms with Crippen molar-refractivity contribution in [3.05, 3.63) is 0 Å². The number of rotatable bonds is 8. The lowest BCUT2D eigenvalue weighted by atomic mass is 10.0. The Labute approximate surface area is 110 Å². The first-order valence-corrected chi connectivity index (χ1v) is 6.83. The summed E-state index contributed by atoms with van der Waals surface area (Å²) in [5, 5.41) is 0. The van der Waals surface area contributed by atoms with E-state index in [-0.39, 0.29) is 5.91 Å². The molecule has 0 bridgehead atoms. The normalized spacial score (nSPS) is 16.8. The van der Waals surface area contributed by atoms with Gasteiger partial charge in [-0.1, -0.05) is 0 Å². The maximum Gasteiger partial charge on any atom is 0.224 e. The molecule has 5 heteroatoms. The van der Waals surface area contributed by atoms with Gasteiger partial charge in [0, 0.05) is 33.4 Å². The van der Waals surface area contributed by atoms with Gasteiger partial charge in [-0.25, -0.2) is 0 Å². The molecule has 0 spiro atoms. The summed E-state index contributed by atoms with van der Waals surface area (Å²) in [6.45, 7) is 4.31. The van der Waals surface area contributed by atoms with Crippen LogP contribution in [0.2, 0.25) is 0 Å². The fraction of sp³-hybridized carbons (Fsp3) is 0.923. The Bertz CT molecular complexity index is 230. The van der Waals surface area contributed by atoms with Crippen LogP contribution in [0.25, 0.3) is 0 Å². The summed E-state index contributed by atoms with van der Waals surface area (Å²) in [4.78, 5) is 13.4. The fourth-order valence-corrected chi connectivity index (χ4v) is 1.97. The molecule has 1 aliphatic rings. The van der Waals surface area contributed by atoms with Crippen molar-refractivity contribution in [2.24, 2.45) is 11.7 Å². The molecule has 0 atom stereocenters. The van der Waals surface area contributed by atoms with E-state index in [9.17, 15) is 4.79 Å². The van der Waals surface area contributed by atoms with Gasteiger partial charge in [0.2, 0.25) is 5.91 Å². The number of hydrogen-bond acceptors (Lipinski definition) is 4. The van der Waals surface area contributed by atoms with Gasteiger partial charge in [0.05, 0.1) is 13.0 Å². The average Bonchev–Trinajstić information content (AvgIpc) is 2.41. The first kappa shape index (κ1) is 15.4. The Morgan fingerprint density at radius 1 is 1.44 bits per heavy atom. The van der Waals surface area contributed by atoms with E-state index in [1.165, 1.54) is 0 Å². The lowest BCUT2D eigenvalue weighted by Crippen LogP contribution is -2.30. The van der Waals surface area contributed by atoms with Crippen LogP contribution in [0, 0.1) is 5.92 Å². The topological polar surface area (TPSA) is 64.8 Å². The van der Waals surface area contributed by atoms with Crippen LogP contribution in [0.15, 0.2) is 0 Å². The van der Waals surface area contributed by atoms with E-state index >= 15 is 0 Å². The van der Waals surface area contributed by atoms with E-state index in [0.29, 0.717) is 25.5 Å². The third kappa shape index (κ3) is 6.33. The van der Waals surface area contributed by atoms with Gasteiger partial charge in [0.15, 0.2) is 0 Å². The minimum atomic E-state index is 0.135. The number of carbonyl (C=O) groups is 1. The van der Waals surface area contributed by atoms with E-state index < -0.39 is 0 Å². The molecule has 1 heterocycles. The van der Waals surface area contributed by atoms with Crippen LogP contribution >= 0.6 is 0 Å². The molecule has 106 valence electrons. The zero-order chi connectivity index (χ0) is 13.2. The second-order valence-electron chi connectivity index (χ2n) is 4.84. The molecule has 0 radical (unpaired) electrons. The van der Waals surface area contributed by atoms with Gasteiger partial charge in [-0.05, 0) is 31.7 Å². The summed E-state index contributed by atoms with van der Waals surface area (Å²) in [6, 6.07) is 0. The summed E-state index contributed by atoms with van der Waals surface area (Å²) in [5.41, 5.74) is 5.41. The van der Waals surface area contributed by atoms with Crippen LogP contribution in [0.3, 0.4) is 0 Å². The number of carbonyl (C=O) groups excluding carboxylic acids is 1. The number of nitrogens with two attached hydrogens (primary N) is 1. The maximum absolute atomic E-state index is 11.7. The van der Waals surface area contributed by atoms with E-state index in [1.807, 2.05) is 7.05 Å². The molecule has 0 aromatic carbocycles. The molecule has 1 amide bonds. The first-order chi connectivity index (χ1) is 8.74. The highest BCUT2D eigenvalue weighted by Crippen LogP contribution is 2.14. The van der Waals surface area contributed by atoms with Gasteiger partial charge in [0.1, 0.15) is 0 Å². The van der Waals surface area contributed by atoms with Gasteiger partial charge in [-0.15, -0.1) is 0 Å². The molecule has 0 aliphatic carbocycles. The van der Waals surface area contributed by atoms with E-state index in [2.05, 4.69) is 0 Å². The highest BCUT2D eigenvalue weighted by Gasteiger charge is 2.14. The molecule has 18 heavy (non-hydrogen) atoms. The Morgan fingerprint density at radius 2 is 2.17 bits per heavy atom. The van der Waals surface area contributed by atoms with Crippen molar-refractivity contribution in [2.75, 3.05) is 46.6 Å². The summed E-state index contributed by atoms with van der Waals surface area (Å²) < 4.78 is 10.9. The van der Waals surface area contributed by atoms with Crippen molar-refractivity contribution in [1.29, 1.82) is 0 Å². The second kappa shape index (κ2) is 9.30. The quantitative estimate of drug-likeness (QED) is 0.648. The standard InChI is InChI=1S/C13H26N2O3/c1-15(7-2-6-14)13(16)5-10-18-11-12-3-8-17-9-4-12/h12H,2-11,14H2,1H3.